The number of rotatable bonds is 5. The number of carbonyl (C=O) groups is 2. The van der Waals surface area contributed by atoms with Crippen molar-refractivity contribution < 1.29 is 24.0 Å². The van der Waals surface area contributed by atoms with E-state index in [0.717, 1.165) is 4.90 Å². The highest BCUT2D eigenvalue weighted by Crippen LogP contribution is 2.34. The van der Waals surface area contributed by atoms with Crippen LogP contribution in [0.3, 0.4) is 0 Å². The van der Waals surface area contributed by atoms with Gasteiger partial charge in [-0.15, -0.1) is 0 Å². The zero-order valence-electron chi connectivity index (χ0n) is 15.2. The summed E-state index contributed by atoms with van der Waals surface area (Å²) in [6.45, 7) is 6.49. The number of anilines is 1. The van der Waals surface area contributed by atoms with Crippen molar-refractivity contribution in [2.24, 2.45) is 0 Å². The van der Waals surface area contributed by atoms with Crippen LogP contribution in [0.5, 0.6) is 0 Å². The van der Waals surface area contributed by atoms with Crippen molar-refractivity contribution >= 4 is 23.6 Å². The van der Waals surface area contributed by atoms with Crippen LogP contribution in [0.4, 0.5) is 16.3 Å². The van der Waals surface area contributed by atoms with E-state index in [1.54, 1.807) is 33.8 Å². The predicted octanol–water partition coefficient (Wildman–Crippen LogP) is 2.53. The maximum Gasteiger partial charge on any atom is 0.415 e. The lowest BCUT2D eigenvalue weighted by atomic mass is 10.00. The molecule has 0 spiro atoms. The van der Waals surface area contributed by atoms with Gasteiger partial charge in [-0.3, -0.25) is 19.8 Å². The van der Waals surface area contributed by atoms with E-state index < -0.39 is 34.2 Å². The first kappa shape index (κ1) is 20.8. The van der Waals surface area contributed by atoms with E-state index >= 15 is 0 Å². The molecule has 0 aliphatic carbocycles. The third kappa shape index (κ3) is 4.89. The quantitative estimate of drug-likeness (QED) is 0.441. The number of hydrogen-bond acceptors (Lipinski definition) is 8. The summed E-state index contributed by atoms with van der Waals surface area (Å²) in [6, 6.07) is 2.87. The molecule has 1 heterocycles. The standard InChI is InChI=1S/C16H20N4O6/c1-6-25-14(21)11(9-17)10-7-8-18-13(12(10)20(23)24)19(5)15(22)26-16(2,3)4/h7-8,11H,6H2,1-5H3. The lowest BCUT2D eigenvalue weighted by Crippen LogP contribution is -2.35. The molecule has 0 saturated heterocycles. The van der Waals surface area contributed by atoms with Crippen LogP contribution in [-0.2, 0) is 14.3 Å². The zero-order valence-corrected chi connectivity index (χ0v) is 15.2. The molecule has 1 atom stereocenters. The summed E-state index contributed by atoms with van der Waals surface area (Å²) in [7, 11) is 1.25. The van der Waals surface area contributed by atoms with Gasteiger partial charge in [0.15, 0.2) is 5.92 Å². The van der Waals surface area contributed by atoms with Crippen molar-refractivity contribution in [2.45, 2.75) is 39.2 Å². The summed E-state index contributed by atoms with van der Waals surface area (Å²) in [5.41, 5.74) is -1.67. The van der Waals surface area contributed by atoms with Crippen molar-refractivity contribution in [1.29, 1.82) is 5.26 Å². The molecule has 0 bridgehead atoms. The Labute approximate surface area is 150 Å². The van der Waals surface area contributed by atoms with E-state index in [4.69, 9.17) is 9.47 Å². The molecule has 0 radical (unpaired) electrons. The molecule has 0 saturated carbocycles. The van der Waals surface area contributed by atoms with E-state index in [-0.39, 0.29) is 18.0 Å². The molecule has 26 heavy (non-hydrogen) atoms. The first-order chi connectivity index (χ1) is 12.0. The zero-order chi connectivity index (χ0) is 20.1. The van der Waals surface area contributed by atoms with Crippen LogP contribution in [0.2, 0.25) is 0 Å². The fraction of sp³-hybridized carbons (Fsp3) is 0.500. The van der Waals surface area contributed by atoms with Crippen molar-refractivity contribution in [2.75, 3.05) is 18.6 Å². The van der Waals surface area contributed by atoms with E-state index in [1.807, 2.05) is 0 Å². The van der Waals surface area contributed by atoms with Crippen LogP contribution in [0.1, 0.15) is 39.2 Å². The molecular formula is C16H20N4O6. The van der Waals surface area contributed by atoms with Crippen LogP contribution < -0.4 is 4.90 Å². The fourth-order valence-electron chi connectivity index (χ4n) is 2.01. The van der Waals surface area contributed by atoms with Gasteiger partial charge in [0.2, 0.25) is 5.82 Å². The Hall–Kier alpha value is -3.22. The number of pyridine rings is 1. The number of ether oxygens (including phenoxy) is 2. The summed E-state index contributed by atoms with van der Waals surface area (Å²) in [6.07, 6.45) is 0.303. The number of nitrogens with zero attached hydrogens (tertiary/aromatic N) is 4. The number of aromatic nitrogens is 1. The molecule has 10 heteroatoms. The molecule has 1 rings (SSSR count). The number of carbonyl (C=O) groups excluding carboxylic acids is 2. The minimum atomic E-state index is -1.52. The molecule has 140 valence electrons. The smallest absolute Gasteiger partial charge is 0.415 e. The second-order valence-corrected chi connectivity index (χ2v) is 6.18. The predicted molar refractivity (Wildman–Crippen MR) is 90.5 cm³/mol. The van der Waals surface area contributed by atoms with E-state index in [1.165, 1.54) is 19.3 Å². The van der Waals surface area contributed by atoms with E-state index in [0.29, 0.717) is 0 Å². The molecule has 0 aromatic carbocycles. The minimum absolute atomic E-state index is 0.0144. The van der Waals surface area contributed by atoms with E-state index in [9.17, 15) is 25.0 Å². The van der Waals surface area contributed by atoms with Gasteiger partial charge in [0.1, 0.15) is 5.60 Å². The maximum atomic E-state index is 12.2. The summed E-state index contributed by atoms with van der Waals surface area (Å²) < 4.78 is 9.96. The van der Waals surface area contributed by atoms with Gasteiger partial charge in [0.25, 0.3) is 0 Å². The molecule has 0 aliphatic heterocycles. The van der Waals surface area contributed by atoms with Crippen LogP contribution in [-0.4, -0.2) is 41.2 Å². The van der Waals surface area contributed by atoms with Gasteiger partial charge in [-0.1, -0.05) is 0 Å². The number of esters is 1. The van der Waals surface area contributed by atoms with Gasteiger partial charge in [-0.2, -0.15) is 5.26 Å². The third-order valence-corrected chi connectivity index (χ3v) is 3.07. The molecule has 0 aliphatic rings. The lowest BCUT2D eigenvalue weighted by Gasteiger charge is -2.24. The third-order valence-electron chi connectivity index (χ3n) is 3.07. The molecule has 10 nitrogen and oxygen atoms in total. The van der Waals surface area contributed by atoms with Gasteiger partial charge in [-0.05, 0) is 33.8 Å². The number of nitro groups is 1. The van der Waals surface area contributed by atoms with Crippen LogP contribution in [0, 0.1) is 21.4 Å². The molecule has 1 aromatic rings. The number of hydrogen-bond donors (Lipinski definition) is 0. The van der Waals surface area contributed by atoms with Crippen LogP contribution >= 0.6 is 0 Å². The lowest BCUT2D eigenvalue weighted by molar-refractivity contribution is -0.385. The van der Waals surface area contributed by atoms with Gasteiger partial charge in [-0.25, -0.2) is 9.78 Å². The average molecular weight is 364 g/mol. The van der Waals surface area contributed by atoms with E-state index in [2.05, 4.69) is 4.98 Å². The van der Waals surface area contributed by atoms with Gasteiger partial charge < -0.3 is 9.47 Å². The Balaban J connectivity index is 3.44. The van der Waals surface area contributed by atoms with Gasteiger partial charge in [0, 0.05) is 13.2 Å². The van der Waals surface area contributed by atoms with Crippen LogP contribution in [0.15, 0.2) is 12.3 Å². The summed E-state index contributed by atoms with van der Waals surface area (Å²) >= 11 is 0. The monoisotopic (exact) mass is 364 g/mol. The topological polar surface area (TPSA) is 136 Å². The highest BCUT2D eigenvalue weighted by molar-refractivity contribution is 5.91. The van der Waals surface area contributed by atoms with Crippen molar-refractivity contribution in [1.82, 2.24) is 4.98 Å². The molecule has 0 fully saturated rings. The minimum Gasteiger partial charge on any atom is -0.465 e. The first-order valence-corrected chi connectivity index (χ1v) is 7.69. The Morgan fingerprint density at radius 1 is 1.46 bits per heavy atom. The maximum absolute atomic E-state index is 12.2. The van der Waals surface area contributed by atoms with Crippen molar-refractivity contribution in [3.8, 4) is 6.07 Å². The highest BCUT2D eigenvalue weighted by atomic mass is 16.6. The van der Waals surface area contributed by atoms with Crippen LogP contribution in [0.25, 0.3) is 0 Å². The number of nitriles is 1. The van der Waals surface area contributed by atoms with Gasteiger partial charge in [0.05, 0.1) is 23.2 Å². The second kappa shape index (κ2) is 8.24. The largest absolute Gasteiger partial charge is 0.465 e. The Morgan fingerprint density at radius 2 is 2.08 bits per heavy atom. The molecule has 1 amide bonds. The Kier molecular flexibility index (Phi) is 6.60. The summed E-state index contributed by atoms with van der Waals surface area (Å²) in [5.74, 6) is -2.79. The summed E-state index contributed by atoms with van der Waals surface area (Å²) in [4.78, 5) is 39.7. The Bertz CT molecular complexity index is 750. The van der Waals surface area contributed by atoms with Crippen molar-refractivity contribution in [3.63, 3.8) is 0 Å². The fourth-order valence-corrected chi connectivity index (χ4v) is 2.01. The normalized spacial score (nSPS) is 11.8. The first-order valence-electron chi connectivity index (χ1n) is 7.69. The van der Waals surface area contributed by atoms with Crippen molar-refractivity contribution in [3.05, 3.63) is 27.9 Å². The second-order valence-electron chi connectivity index (χ2n) is 6.18. The average Bonchev–Trinajstić information content (AvgIpc) is 2.53. The SMILES string of the molecule is CCOC(=O)C(C#N)c1ccnc(N(C)C(=O)OC(C)(C)C)c1[N+](=O)[O-]. The molecule has 1 aromatic heterocycles. The molecule has 1 unspecified atom stereocenters. The summed E-state index contributed by atoms with van der Waals surface area (Å²) in [5, 5.41) is 20.9. The Morgan fingerprint density at radius 3 is 2.54 bits per heavy atom. The highest BCUT2D eigenvalue weighted by Gasteiger charge is 2.35. The molecule has 0 N–H and O–H groups in total. The molecular weight excluding hydrogens is 344 g/mol. The van der Waals surface area contributed by atoms with Gasteiger partial charge >= 0.3 is 17.7 Å². The number of amides is 1.